The highest BCUT2D eigenvalue weighted by atomic mass is 32.2. The average Bonchev–Trinajstić information content (AvgIpc) is 2.83. The van der Waals surface area contributed by atoms with Crippen LogP contribution in [0.15, 0.2) is 46.2 Å². The van der Waals surface area contributed by atoms with Gasteiger partial charge in [-0.05, 0) is 11.6 Å². The van der Waals surface area contributed by atoms with Crippen LogP contribution in [0.3, 0.4) is 0 Å². The Hall–Kier alpha value is -1.46. The van der Waals surface area contributed by atoms with Crippen LogP contribution in [0.25, 0.3) is 6.08 Å². The minimum atomic E-state index is -1.16. The molecular formula is C15H14O3S2. The third-order valence-electron chi connectivity index (χ3n) is 2.65. The summed E-state index contributed by atoms with van der Waals surface area (Å²) in [6.45, 7) is 2.02. The molecule has 3 nitrogen and oxygen atoms in total. The Morgan fingerprint density at radius 3 is 2.55 bits per heavy atom. The molecule has 1 aliphatic heterocycles. The summed E-state index contributed by atoms with van der Waals surface area (Å²) < 4.78 is 0.618. The standard InChI is InChI=1S/C15H14O3S2/c1-10-9-19-15(20-10)13(14(17)18)12(16)8-7-11-5-3-2-4-6-11/h2-8,10H,9H2,1H3,(H,17,18)/b8-7+,15-13-/t10-/m1/s1. The van der Waals surface area contributed by atoms with Crippen molar-refractivity contribution < 1.29 is 14.7 Å². The quantitative estimate of drug-likeness (QED) is 0.525. The molecule has 1 N–H and O–H groups in total. The Labute approximate surface area is 126 Å². The second-order valence-corrected chi connectivity index (χ2v) is 7.05. The van der Waals surface area contributed by atoms with Crippen LogP contribution < -0.4 is 0 Å². The molecule has 0 unspecified atom stereocenters. The molecule has 1 fully saturated rings. The number of ketones is 1. The zero-order valence-corrected chi connectivity index (χ0v) is 12.5. The van der Waals surface area contributed by atoms with Crippen LogP contribution in [0, 0.1) is 0 Å². The van der Waals surface area contributed by atoms with Crippen molar-refractivity contribution in [3.63, 3.8) is 0 Å². The van der Waals surface area contributed by atoms with Gasteiger partial charge in [0.1, 0.15) is 5.57 Å². The lowest BCUT2D eigenvalue weighted by Crippen LogP contribution is -2.11. The number of carboxylic acid groups (broad SMARTS) is 1. The number of carbonyl (C=O) groups is 2. The van der Waals surface area contributed by atoms with Gasteiger partial charge in [0, 0.05) is 11.0 Å². The summed E-state index contributed by atoms with van der Waals surface area (Å²) in [7, 11) is 0. The maximum Gasteiger partial charge on any atom is 0.341 e. The van der Waals surface area contributed by atoms with Gasteiger partial charge in [-0.3, -0.25) is 4.79 Å². The van der Waals surface area contributed by atoms with Crippen LogP contribution >= 0.6 is 23.5 Å². The first kappa shape index (κ1) is 14.9. The fourth-order valence-electron chi connectivity index (χ4n) is 1.69. The molecule has 1 saturated heterocycles. The molecule has 1 atom stereocenters. The number of hydrogen-bond donors (Lipinski definition) is 1. The maximum absolute atomic E-state index is 12.1. The first-order chi connectivity index (χ1) is 9.58. The van der Waals surface area contributed by atoms with Crippen LogP contribution in [0.4, 0.5) is 0 Å². The van der Waals surface area contributed by atoms with E-state index in [4.69, 9.17) is 0 Å². The Morgan fingerprint density at radius 2 is 2.00 bits per heavy atom. The van der Waals surface area contributed by atoms with Gasteiger partial charge >= 0.3 is 5.97 Å². The third-order valence-corrected chi connectivity index (χ3v) is 5.62. The van der Waals surface area contributed by atoms with Crippen molar-refractivity contribution in [1.29, 1.82) is 0 Å². The van der Waals surface area contributed by atoms with E-state index in [1.54, 1.807) is 6.08 Å². The van der Waals surface area contributed by atoms with Crippen molar-refractivity contribution in [2.45, 2.75) is 12.2 Å². The normalized spacial score (nSPS) is 21.1. The lowest BCUT2D eigenvalue weighted by Gasteiger charge is -2.02. The van der Waals surface area contributed by atoms with Crippen LogP contribution in [-0.2, 0) is 9.59 Å². The largest absolute Gasteiger partial charge is 0.477 e. The Balaban J connectivity index is 2.21. The lowest BCUT2D eigenvalue weighted by molar-refractivity contribution is -0.134. The zero-order valence-electron chi connectivity index (χ0n) is 10.9. The predicted molar refractivity (Wildman–Crippen MR) is 84.7 cm³/mol. The summed E-state index contributed by atoms with van der Waals surface area (Å²) in [5.74, 6) is -0.769. The molecule has 0 bridgehead atoms. The Morgan fingerprint density at radius 1 is 1.30 bits per heavy atom. The smallest absolute Gasteiger partial charge is 0.341 e. The topological polar surface area (TPSA) is 54.4 Å². The highest BCUT2D eigenvalue weighted by molar-refractivity contribution is 8.25. The van der Waals surface area contributed by atoms with Crippen molar-refractivity contribution in [3.8, 4) is 0 Å². The van der Waals surface area contributed by atoms with E-state index in [2.05, 4.69) is 0 Å². The molecule has 0 aromatic heterocycles. The van der Waals surface area contributed by atoms with Gasteiger partial charge in [-0.2, -0.15) is 0 Å². The molecule has 1 aliphatic rings. The van der Waals surface area contributed by atoms with Crippen LogP contribution in [-0.4, -0.2) is 27.9 Å². The van der Waals surface area contributed by atoms with Crippen molar-refractivity contribution in [3.05, 3.63) is 51.8 Å². The number of thioether (sulfide) groups is 2. The molecule has 0 aliphatic carbocycles. The molecule has 0 amide bonds. The van der Waals surface area contributed by atoms with Gasteiger partial charge < -0.3 is 5.11 Å². The van der Waals surface area contributed by atoms with Crippen molar-refractivity contribution in [2.75, 3.05) is 5.75 Å². The van der Waals surface area contributed by atoms with E-state index in [9.17, 15) is 14.7 Å². The summed E-state index contributed by atoms with van der Waals surface area (Å²) >= 11 is 2.90. The van der Waals surface area contributed by atoms with E-state index in [1.807, 2.05) is 37.3 Å². The number of allylic oxidation sites excluding steroid dienone is 1. The van der Waals surface area contributed by atoms with E-state index in [-0.39, 0.29) is 5.57 Å². The van der Waals surface area contributed by atoms with E-state index in [0.29, 0.717) is 9.49 Å². The first-order valence-electron chi connectivity index (χ1n) is 6.12. The number of rotatable bonds is 4. The molecule has 2 rings (SSSR count). The number of benzene rings is 1. The number of carbonyl (C=O) groups excluding carboxylic acids is 1. The van der Waals surface area contributed by atoms with E-state index in [1.165, 1.54) is 29.6 Å². The molecule has 1 aromatic rings. The third kappa shape index (κ3) is 3.77. The maximum atomic E-state index is 12.1. The monoisotopic (exact) mass is 306 g/mol. The first-order valence-corrected chi connectivity index (χ1v) is 7.99. The average molecular weight is 306 g/mol. The number of carboxylic acids is 1. The van der Waals surface area contributed by atoms with Crippen LogP contribution in [0.2, 0.25) is 0 Å². The van der Waals surface area contributed by atoms with Crippen molar-refractivity contribution in [2.24, 2.45) is 0 Å². The molecule has 0 radical (unpaired) electrons. The summed E-state index contributed by atoms with van der Waals surface area (Å²) in [5, 5.41) is 9.59. The van der Waals surface area contributed by atoms with Gasteiger partial charge in [0.15, 0.2) is 5.78 Å². The SMILES string of the molecule is C[C@@H]1CS/C(=C(/C(=O)O)C(=O)/C=C/c2ccccc2)S1. The highest BCUT2D eigenvalue weighted by Crippen LogP contribution is 2.43. The summed E-state index contributed by atoms with van der Waals surface area (Å²) in [4.78, 5) is 23.4. The molecular weight excluding hydrogens is 292 g/mol. The highest BCUT2D eigenvalue weighted by Gasteiger charge is 2.27. The molecule has 20 heavy (non-hydrogen) atoms. The summed E-state index contributed by atoms with van der Waals surface area (Å²) in [5.41, 5.74) is 0.757. The summed E-state index contributed by atoms with van der Waals surface area (Å²) in [6, 6.07) is 9.34. The second-order valence-electron chi connectivity index (χ2n) is 4.32. The Kier molecular flexibility index (Phi) is 5.09. The van der Waals surface area contributed by atoms with Gasteiger partial charge in [0.25, 0.3) is 0 Å². The van der Waals surface area contributed by atoms with Crippen LogP contribution in [0.1, 0.15) is 12.5 Å². The number of aliphatic carboxylic acids is 1. The minimum Gasteiger partial charge on any atom is -0.477 e. The molecule has 1 aromatic carbocycles. The van der Waals surface area contributed by atoms with Gasteiger partial charge in [0.05, 0.1) is 4.24 Å². The van der Waals surface area contributed by atoms with Gasteiger partial charge in [-0.25, -0.2) is 4.79 Å². The van der Waals surface area contributed by atoms with E-state index >= 15 is 0 Å². The fraction of sp³-hybridized carbons (Fsp3) is 0.200. The molecule has 0 spiro atoms. The van der Waals surface area contributed by atoms with Gasteiger partial charge in [0.2, 0.25) is 0 Å². The van der Waals surface area contributed by atoms with E-state index < -0.39 is 11.8 Å². The zero-order chi connectivity index (χ0) is 14.5. The van der Waals surface area contributed by atoms with Crippen LogP contribution in [0.5, 0.6) is 0 Å². The summed E-state index contributed by atoms with van der Waals surface area (Å²) in [6.07, 6.45) is 2.97. The second kappa shape index (κ2) is 6.81. The molecule has 1 heterocycles. The van der Waals surface area contributed by atoms with E-state index in [0.717, 1.165) is 11.3 Å². The molecule has 104 valence electrons. The minimum absolute atomic E-state index is 0.114. The fourth-order valence-corrected chi connectivity index (χ4v) is 4.52. The molecule has 5 heteroatoms. The number of hydrogen-bond acceptors (Lipinski definition) is 4. The predicted octanol–water partition coefficient (Wildman–Crippen LogP) is 3.43. The molecule has 0 saturated carbocycles. The lowest BCUT2D eigenvalue weighted by atomic mass is 10.1. The van der Waals surface area contributed by atoms with Gasteiger partial charge in [-0.1, -0.05) is 43.3 Å². The van der Waals surface area contributed by atoms with Gasteiger partial charge in [-0.15, -0.1) is 23.5 Å². The Bertz CT molecular complexity index is 576. The van der Waals surface area contributed by atoms with Crippen molar-refractivity contribution >= 4 is 41.4 Å². The van der Waals surface area contributed by atoms with Crippen molar-refractivity contribution in [1.82, 2.24) is 0 Å².